The zero-order valence-corrected chi connectivity index (χ0v) is 6.08. The SMILES string of the molecule is C[C@H](O)[C@H]1O[C@H](O)[C@H](O)[C@@H]1O. The van der Waals surface area contributed by atoms with Crippen molar-refractivity contribution in [3.05, 3.63) is 0 Å². The van der Waals surface area contributed by atoms with Crippen LogP contribution >= 0.6 is 0 Å². The Labute approximate surface area is 63.8 Å². The lowest BCUT2D eigenvalue weighted by Crippen LogP contribution is -2.37. The number of hydrogen-bond donors (Lipinski definition) is 4. The van der Waals surface area contributed by atoms with E-state index in [-0.39, 0.29) is 0 Å². The van der Waals surface area contributed by atoms with Gasteiger partial charge in [-0.15, -0.1) is 0 Å². The lowest BCUT2D eigenvalue weighted by molar-refractivity contribution is -0.143. The van der Waals surface area contributed by atoms with Crippen LogP contribution in [0.3, 0.4) is 0 Å². The summed E-state index contributed by atoms with van der Waals surface area (Å²) in [5.74, 6) is 0. The Morgan fingerprint density at radius 3 is 1.91 bits per heavy atom. The summed E-state index contributed by atoms with van der Waals surface area (Å²) in [6.45, 7) is 1.42. The molecule has 0 saturated carbocycles. The van der Waals surface area contributed by atoms with Gasteiger partial charge in [0.25, 0.3) is 0 Å². The first kappa shape index (κ1) is 8.89. The average Bonchev–Trinajstić information content (AvgIpc) is 2.17. The molecule has 0 aliphatic carbocycles. The van der Waals surface area contributed by atoms with Crippen LogP contribution in [0.15, 0.2) is 0 Å². The van der Waals surface area contributed by atoms with Gasteiger partial charge in [0.2, 0.25) is 0 Å². The molecule has 0 amide bonds. The van der Waals surface area contributed by atoms with Gasteiger partial charge >= 0.3 is 0 Å². The molecule has 5 heteroatoms. The number of hydrogen-bond acceptors (Lipinski definition) is 5. The molecule has 0 spiro atoms. The lowest BCUT2D eigenvalue weighted by Gasteiger charge is -2.16. The van der Waals surface area contributed by atoms with Crippen LogP contribution in [-0.2, 0) is 4.74 Å². The summed E-state index contributed by atoms with van der Waals surface area (Å²) in [6, 6.07) is 0. The molecular formula is C6H12O5. The summed E-state index contributed by atoms with van der Waals surface area (Å²) >= 11 is 0. The zero-order chi connectivity index (χ0) is 8.59. The maximum Gasteiger partial charge on any atom is 0.184 e. The first-order valence-electron chi connectivity index (χ1n) is 3.41. The Morgan fingerprint density at radius 1 is 1.18 bits per heavy atom. The molecule has 4 N–H and O–H groups in total. The van der Waals surface area contributed by atoms with E-state index < -0.39 is 30.7 Å². The molecule has 1 aliphatic heterocycles. The van der Waals surface area contributed by atoms with Gasteiger partial charge in [0.1, 0.15) is 18.3 Å². The van der Waals surface area contributed by atoms with Gasteiger partial charge in [0.15, 0.2) is 6.29 Å². The summed E-state index contributed by atoms with van der Waals surface area (Å²) in [7, 11) is 0. The molecule has 0 aromatic rings. The highest BCUT2D eigenvalue weighted by Gasteiger charge is 2.43. The van der Waals surface area contributed by atoms with Crippen LogP contribution in [0, 0.1) is 0 Å². The molecule has 1 aliphatic rings. The molecule has 11 heavy (non-hydrogen) atoms. The van der Waals surface area contributed by atoms with Gasteiger partial charge in [0.05, 0.1) is 6.10 Å². The second kappa shape index (κ2) is 3.04. The zero-order valence-electron chi connectivity index (χ0n) is 6.08. The topological polar surface area (TPSA) is 90.2 Å². The third kappa shape index (κ3) is 1.52. The fourth-order valence-electron chi connectivity index (χ4n) is 1.08. The molecule has 1 rings (SSSR count). The van der Waals surface area contributed by atoms with Crippen LogP contribution in [0.25, 0.3) is 0 Å². The van der Waals surface area contributed by atoms with Crippen molar-refractivity contribution in [3.8, 4) is 0 Å². The van der Waals surface area contributed by atoms with E-state index in [0.29, 0.717) is 0 Å². The highest BCUT2D eigenvalue weighted by molar-refractivity contribution is 4.88. The summed E-state index contributed by atoms with van der Waals surface area (Å²) < 4.78 is 4.65. The standard InChI is InChI=1S/C6H12O5/c1-2(7)5-3(8)4(9)6(10)11-5/h2-10H,1H3/t2-,3-,4+,5+,6-/m0/s1. The predicted molar refractivity (Wildman–Crippen MR) is 34.6 cm³/mol. The van der Waals surface area contributed by atoms with Crippen molar-refractivity contribution in [1.29, 1.82) is 0 Å². The third-order valence-electron chi connectivity index (χ3n) is 1.75. The van der Waals surface area contributed by atoms with Gasteiger partial charge in [0, 0.05) is 0 Å². The summed E-state index contributed by atoms with van der Waals surface area (Å²) in [5.41, 5.74) is 0. The van der Waals surface area contributed by atoms with E-state index in [4.69, 9.17) is 20.4 Å². The fraction of sp³-hybridized carbons (Fsp3) is 1.00. The van der Waals surface area contributed by atoms with Crippen LogP contribution in [-0.4, -0.2) is 51.1 Å². The van der Waals surface area contributed by atoms with Gasteiger partial charge in [-0.3, -0.25) is 0 Å². The summed E-state index contributed by atoms with van der Waals surface area (Å²) in [5, 5.41) is 35.8. The molecular weight excluding hydrogens is 152 g/mol. The van der Waals surface area contributed by atoms with E-state index in [1.165, 1.54) is 6.92 Å². The molecule has 0 aromatic heterocycles. The first-order chi connectivity index (χ1) is 5.04. The van der Waals surface area contributed by atoms with Crippen molar-refractivity contribution in [1.82, 2.24) is 0 Å². The average molecular weight is 164 g/mol. The molecule has 0 aromatic carbocycles. The van der Waals surface area contributed by atoms with Gasteiger partial charge in [-0.25, -0.2) is 0 Å². The molecule has 1 fully saturated rings. The van der Waals surface area contributed by atoms with Crippen molar-refractivity contribution in [3.63, 3.8) is 0 Å². The third-order valence-corrected chi connectivity index (χ3v) is 1.75. The van der Waals surface area contributed by atoms with Crippen molar-refractivity contribution < 1.29 is 25.2 Å². The summed E-state index contributed by atoms with van der Waals surface area (Å²) in [4.78, 5) is 0. The van der Waals surface area contributed by atoms with Crippen molar-refractivity contribution in [2.45, 2.75) is 37.6 Å². The Kier molecular flexibility index (Phi) is 2.46. The fourth-order valence-corrected chi connectivity index (χ4v) is 1.08. The minimum absolute atomic E-state index is 0.903. The largest absolute Gasteiger partial charge is 0.391 e. The Morgan fingerprint density at radius 2 is 1.73 bits per heavy atom. The Balaban J connectivity index is 2.59. The maximum atomic E-state index is 9.10. The van der Waals surface area contributed by atoms with Gasteiger partial charge < -0.3 is 25.2 Å². The van der Waals surface area contributed by atoms with Crippen LogP contribution in [0.1, 0.15) is 6.92 Å². The first-order valence-corrected chi connectivity index (χ1v) is 3.41. The molecule has 0 radical (unpaired) electrons. The number of rotatable bonds is 1. The number of aliphatic hydroxyl groups is 4. The van der Waals surface area contributed by atoms with Crippen LogP contribution in [0.2, 0.25) is 0 Å². The monoisotopic (exact) mass is 164 g/mol. The van der Waals surface area contributed by atoms with Gasteiger partial charge in [-0.2, -0.15) is 0 Å². The Hall–Kier alpha value is -0.200. The second-order valence-corrected chi connectivity index (χ2v) is 2.71. The number of aliphatic hydroxyl groups excluding tert-OH is 4. The maximum absolute atomic E-state index is 9.10. The van der Waals surface area contributed by atoms with E-state index in [0.717, 1.165) is 0 Å². The molecule has 5 nitrogen and oxygen atoms in total. The van der Waals surface area contributed by atoms with E-state index in [1.54, 1.807) is 0 Å². The van der Waals surface area contributed by atoms with E-state index in [9.17, 15) is 0 Å². The normalized spacial score (nSPS) is 47.7. The highest BCUT2D eigenvalue weighted by atomic mass is 16.6. The predicted octanol–water partition coefficient (Wildman–Crippen LogP) is -2.19. The lowest BCUT2D eigenvalue weighted by atomic mass is 10.1. The number of ether oxygens (including phenoxy) is 1. The van der Waals surface area contributed by atoms with Crippen molar-refractivity contribution in [2.24, 2.45) is 0 Å². The quantitative estimate of drug-likeness (QED) is 0.353. The van der Waals surface area contributed by atoms with Crippen molar-refractivity contribution >= 4 is 0 Å². The molecule has 1 heterocycles. The van der Waals surface area contributed by atoms with Gasteiger partial charge in [-0.1, -0.05) is 0 Å². The molecule has 66 valence electrons. The van der Waals surface area contributed by atoms with Crippen LogP contribution in [0.4, 0.5) is 0 Å². The minimum Gasteiger partial charge on any atom is -0.391 e. The van der Waals surface area contributed by atoms with E-state index in [2.05, 4.69) is 4.74 Å². The smallest absolute Gasteiger partial charge is 0.184 e. The Bertz CT molecular complexity index is 137. The van der Waals surface area contributed by atoms with Crippen LogP contribution in [0.5, 0.6) is 0 Å². The molecule has 0 unspecified atom stereocenters. The second-order valence-electron chi connectivity index (χ2n) is 2.71. The molecule has 0 bridgehead atoms. The summed E-state index contributed by atoms with van der Waals surface area (Å²) in [6.07, 6.45) is -5.75. The molecule has 5 atom stereocenters. The van der Waals surface area contributed by atoms with E-state index in [1.807, 2.05) is 0 Å². The minimum atomic E-state index is -1.40. The van der Waals surface area contributed by atoms with Gasteiger partial charge in [-0.05, 0) is 6.92 Å². The molecule has 1 saturated heterocycles. The van der Waals surface area contributed by atoms with Crippen molar-refractivity contribution in [2.75, 3.05) is 0 Å². The van der Waals surface area contributed by atoms with E-state index >= 15 is 0 Å². The highest BCUT2D eigenvalue weighted by Crippen LogP contribution is 2.21. The van der Waals surface area contributed by atoms with Crippen LogP contribution < -0.4 is 0 Å².